The highest BCUT2D eigenvalue weighted by Gasteiger charge is 2.24. The van der Waals surface area contributed by atoms with Gasteiger partial charge in [0.2, 0.25) is 5.82 Å². The average Bonchev–Trinajstić information content (AvgIpc) is 2.46. The molecule has 0 radical (unpaired) electrons. The third-order valence-corrected chi connectivity index (χ3v) is 4.58. The fourth-order valence-electron chi connectivity index (χ4n) is 1.65. The van der Waals surface area contributed by atoms with Crippen molar-refractivity contribution in [2.45, 2.75) is 4.90 Å². The van der Waals surface area contributed by atoms with Crippen LogP contribution in [0.25, 0.3) is 0 Å². The lowest BCUT2D eigenvalue weighted by Crippen LogP contribution is -2.26. The number of anilines is 1. The molecule has 0 bridgehead atoms. The highest BCUT2D eigenvalue weighted by molar-refractivity contribution is 7.92. The van der Waals surface area contributed by atoms with Gasteiger partial charge in [0.15, 0.2) is 0 Å². The molecule has 0 saturated carbocycles. The van der Waals surface area contributed by atoms with Gasteiger partial charge >= 0.3 is 5.69 Å². The van der Waals surface area contributed by atoms with Crippen molar-refractivity contribution < 1.29 is 17.7 Å². The van der Waals surface area contributed by atoms with Gasteiger partial charge in [-0.15, -0.1) is 0 Å². The third-order valence-electron chi connectivity index (χ3n) is 2.80. The molecule has 9 heteroatoms. The monoisotopic (exact) mass is 311 g/mol. The Balaban J connectivity index is 2.45. The molecule has 0 spiro atoms. The molecule has 0 aliphatic carbocycles. The van der Waals surface area contributed by atoms with Crippen LogP contribution < -0.4 is 4.31 Å². The molecule has 21 heavy (non-hydrogen) atoms. The summed E-state index contributed by atoms with van der Waals surface area (Å²) in [6.45, 7) is 0. The van der Waals surface area contributed by atoms with Crippen LogP contribution in [0, 0.1) is 15.9 Å². The van der Waals surface area contributed by atoms with Gasteiger partial charge in [-0.25, -0.2) is 8.42 Å². The predicted molar refractivity (Wildman–Crippen MR) is 72.9 cm³/mol. The number of sulfonamides is 1. The van der Waals surface area contributed by atoms with E-state index in [0.717, 1.165) is 16.4 Å². The maximum Gasteiger partial charge on any atom is 0.304 e. The second-order valence-corrected chi connectivity index (χ2v) is 6.02. The van der Waals surface area contributed by atoms with E-state index in [1.54, 1.807) is 0 Å². The highest BCUT2D eigenvalue weighted by Crippen LogP contribution is 2.25. The van der Waals surface area contributed by atoms with Crippen LogP contribution in [0.2, 0.25) is 0 Å². The molecule has 0 N–H and O–H groups in total. The molecule has 1 aromatic heterocycles. The quantitative estimate of drug-likeness (QED) is 0.635. The van der Waals surface area contributed by atoms with Crippen LogP contribution >= 0.6 is 0 Å². The summed E-state index contributed by atoms with van der Waals surface area (Å²) < 4.78 is 39.2. The molecule has 0 amide bonds. The first-order valence-corrected chi connectivity index (χ1v) is 7.11. The third kappa shape index (κ3) is 2.82. The van der Waals surface area contributed by atoms with E-state index in [-0.39, 0.29) is 4.90 Å². The van der Waals surface area contributed by atoms with Crippen LogP contribution in [-0.2, 0) is 10.0 Å². The van der Waals surface area contributed by atoms with Crippen molar-refractivity contribution in [3.63, 3.8) is 0 Å². The van der Waals surface area contributed by atoms with Crippen LogP contribution in [0.4, 0.5) is 15.8 Å². The number of hydrogen-bond donors (Lipinski definition) is 0. The Labute approximate surface area is 119 Å². The summed E-state index contributed by atoms with van der Waals surface area (Å²) in [5.74, 6) is -1.20. The first kappa shape index (κ1) is 14.9. The van der Waals surface area contributed by atoms with Gasteiger partial charge in [-0.05, 0) is 18.2 Å². The van der Waals surface area contributed by atoms with E-state index in [4.69, 9.17) is 0 Å². The summed E-state index contributed by atoms with van der Waals surface area (Å²) in [6, 6.07) is 5.39. The zero-order valence-corrected chi connectivity index (χ0v) is 11.6. The van der Waals surface area contributed by atoms with Gasteiger partial charge in [-0.3, -0.25) is 19.4 Å². The van der Waals surface area contributed by atoms with Gasteiger partial charge < -0.3 is 0 Å². The lowest BCUT2D eigenvalue weighted by atomic mass is 10.3. The Kier molecular flexibility index (Phi) is 3.85. The van der Waals surface area contributed by atoms with Crippen LogP contribution in [0.1, 0.15) is 0 Å². The molecular formula is C12H10FN3O4S. The minimum Gasteiger partial charge on any atom is -0.269 e. The van der Waals surface area contributed by atoms with Crippen LogP contribution in [0.15, 0.2) is 47.6 Å². The number of halogens is 1. The lowest BCUT2D eigenvalue weighted by molar-refractivity contribution is -0.387. The smallest absolute Gasteiger partial charge is 0.269 e. The zero-order chi connectivity index (χ0) is 15.6. The SMILES string of the molecule is CN(c1ccncc1)S(=O)(=O)c1ccc([N+](=O)[O-])c(F)c1. The first-order chi connectivity index (χ1) is 9.84. The fourth-order valence-corrected chi connectivity index (χ4v) is 2.85. The molecule has 0 atom stereocenters. The topological polar surface area (TPSA) is 93.4 Å². The van der Waals surface area contributed by atoms with Gasteiger partial charge in [0.25, 0.3) is 10.0 Å². The number of nitrogens with zero attached hydrogens (tertiary/aromatic N) is 3. The molecule has 1 heterocycles. The second kappa shape index (κ2) is 5.44. The summed E-state index contributed by atoms with van der Waals surface area (Å²) in [5, 5.41) is 10.5. The van der Waals surface area contributed by atoms with Gasteiger partial charge in [0.05, 0.1) is 15.5 Å². The number of pyridine rings is 1. The van der Waals surface area contributed by atoms with E-state index >= 15 is 0 Å². The van der Waals surface area contributed by atoms with E-state index in [1.807, 2.05) is 0 Å². The largest absolute Gasteiger partial charge is 0.304 e. The maximum atomic E-state index is 13.6. The number of benzene rings is 1. The number of nitro benzene ring substituents is 1. The summed E-state index contributed by atoms with van der Waals surface area (Å²) >= 11 is 0. The average molecular weight is 311 g/mol. The first-order valence-electron chi connectivity index (χ1n) is 5.67. The molecule has 0 aliphatic heterocycles. The number of aromatic nitrogens is 1. The van der Waals surface area contributed by atoms with Crippen molar-refractivity contribution >= 4 is 21.4 Å². The molecule has 0 fully saturated rings. The maximum absolute atomic E-state index is 13.6. The van der Waals surface area contributed by atoms with Crippen LogP contribution in [0.3, 0.4) is 0 Å². The summed E-state index contributed by atoms with van der Waals surface area (Å²) in [5.41, 5.74) is -0.440. The minimum atomic E-state index is -4.01. The standard InChI is InChI=1S/C12H10FN3O4S/c1-15(9-4-6-14-7-5-9)21(19,20)10-2-3-12(16(17)18)11(13)8-10/h2-8H,1H3. The molecule has 110 valence electrons. The number of nitro groups is 1. The number of hydrogen-bond acceptors (Lipinski definition) is 5. The van der Waals surface area contributed by atoms with Gasteiger partial charge in [-0.1, -0.05) is 0 Å². The second-order valence-electron chi connectivity index (χ2n) is 4.05. The molecule has 7 nitrogen and oxygen atoms in total. The Morgan fingerprint density at radius 3 is 2.38 bits per heavy atom. The summed E-state index contributed by atoms with van der Waals surface area (Å²) in [7, 11) is -2.72. The van der Waals surface area contributed by atoms with Crippen molar-refractivity contribution in [1.82, 2.24) is 4.98 Å². The molecule has 0 saturated heterocycles. The lowest BCUT2D eigenvalue weighted by Gasteiger charge is -2.19. The van der Waals surface area contributed by atoms with Crippen LogP contribution in [-0.4, -0.2) is 25.4 Å². The molecular weight excluding hydrogens is 301 g/mol. The molecule has 2 aromatic rings. The number of rotatable bonds is 4. The Bertz CT molecular complexity index is 780. The van der Waals surface area contributed by atoms with E-state index in [9.17, 15) is 22.9 Å². The van der Waals surface area contributed by atoms with Gasteiger partial charge in [-0.2, -0.15) is 4.39 Å². The Morgan fingerprint density at radius 2 is 1.86 bits per heavy atom. The zero-order valence-electron chi connectivity index (χ0n) is 10.8. The van der Waals surface area contributed by atoms with Gasteiger partial charge in [0, 0.05) is 31.6 Å². The van der Waals surface area contributed by atoms with E-state index in [1.165, 1.54) is 31.6 Å². The fraction of sp³-hybridized carbons (Fsp3) is 0.0833. The van der Waals surface area contributed by atoms with Crippen molar-refractivity contribution in [2.24, 2.45) is 0 Å². The summed E-state index contributed by atoms with van der Waals surface area (Å²) in [6.07, 6.45) is 2.83. The molecule has 0 aliphatic rings. The van der Waals surface area contributed by atoms with Crippen LogP contribution in [0.5, 0.6) is 0 Å². The van der Waals surface area contributed by atoms with Crippen molar-refractivity contribution in [2.75, 3.05) is 11.4 Å². The molecule has 2 rings (SSSR count). The Hall–Kier alpha value is -2.55. The Morgan fingerprint density at radius 1 is 1.24 bits per heavy atom. The highest BCUT2D eigenvalue weighted by atomic mass is 32.2. The van der Waals surface area contributed by atoms with E-state index in [2.05, 4.69) is 4.98 Å². The molecule has 1 aromatic carbocycles. The minimum absolute atomic E-state index is 0.337. The van der Waals surface area contributed by atoms with Crippen molar-refractivity contribution in [3.8, 4) is 0 Å². The van der Waals surface area contributed by atoms with Gasteiger partial charge in [0.1, 0.15) is 0 Å². The van der Waals surface area contributed by atoms with E-state index < -0.39 is 26.5 Å². The predicted octanol–water partition coefficient (Wildman–Crippen LogP) is 1.95. The van der Waals surface area contributed by atoms with Crippen molar-refractivity contribution in [3.05, 3.63) is 58.7 Å². The normalized spacial score (nSPS) is 11.1. The van der Waals surface area contributed by atoms with Crippen molar-refractivity contribution in [1.29, 1.82) is 0 Å². The van der Waals surface area contributed by atoms with E-state index in [0.29, 0.717) is 11.8 Å². The summed E-state index contributed by atoms with van der Waals surface area (Å²) in [4.78, 5) is 13.0. The molecule has 0 unspecified atom stereocenters.